The third-order valence-electron chi connectivity index (χ3n) is 2.90. The number of aromatic nitrogens is 1. The van der Waals surface area contributed by atoms with Crippen molar-refractivity contribution in [2.24, 2.45) is 11.1 Å². The van der Waals surface area contributed by atoms with Crippen LogP contribution in [0.25, 0.3) is 11.1 Å². The molecule has 0 aliphatic heterocycles. The molecule has 2 rings (SSSR count). The van der Waals surface area contributed by atoms with E-state index in [9.17, 15) is 4.39 Å². The normalized spacial score (nSPS) is 14.2. The van der Waals surface area contributed by atoms with Gasteiger partial charge in [-0.25, -0.2) is 9.37 Å². The molecule has 1 aromatic carbocycles. The predicted molar refractivity (Wildman–Crippen MR) is 65.1 cm³/mol. The lowest BCUT2D eigenvalue weighted by Crippen LogP contribution is -2.36. The summed E-state index contributed by atoms with van der Waals surface area (Å²) in [5, 5.41) is 0. The molecule has 0 aliphatic rings. The molecule has 2 N–H and O–H groups in total. The smallest absolute Gasteiger partial charge is 0.197 e. The van der Waals surface area contributed by atoms with Gasteiger partial charge in [0, 0.05) is 18.5 Å². The van der Waals surface area contributed by atoms with Crippen LogP contribution in [0.5, 0.6) is 0 Å². The molecule has 1 heterocycles. The molecule has 17 heavy (non-hydrogen) atoms. The van der Waals surface area contributed by atoms with Crippen molar-refractivity contribution in [2.45, 2.75) is 33.2 Å². The van der Waals surface area contributed by atoms with Crippen LogP contribution in [0, 0.1) is 11.2 Å². The fourth-order valence-corrected chi connectivity index (χ4v) is 1.53. The highest BCUT2D eigenvalue weighted by Crippen LogP contribution is 2.23. The van der Waals surface area contributed by atoms with E-state index in [4.69, 9.17) is 10.2 Å². The van der Waals surface area contributed by atoms with Crippen LogP contribution in [-0.2, 0) is 6.42 Å². The van der Waals surface area contributed by atoms with Gasteiger partial charge in [-0.15, -0.1) is 0 Å². The minimum absolute atomic E-state index is 0.00803. The van der Waals surface area contributed by atoms with Gasteiger partial charge in [0.1, 0.15) is 11.3 Å². The number of rotatable bonds is 2. The first-order valence-electron chi connectivity index (χ1n) is 5.67. The van der Waals surface area contributed by atoms with Gasteiger partial charge in [-0.05, 0) is 17.5 Å². The Balaban J connectivity index is 2.25. The Morgan fingerprint density at radius 3 is 2.76 bits per heavy atom. The van der Waals surface area contributed by atoms with Crippen LogP contribution in [0.2, 0.25) is 0 Å². The van der Waals surface area contributed by atoms with Gasteiger partial charge in [0.15, 0.2) is 11.5 Å². The first-order chi connectivity index (χ1) is 7.86. The molecule has 0 fully saturated rings. The van der Waals surface area contributed by atoms with Crippen LogP contribution < -0.4 is 5.73 Å². The number of halogens is 1. The van der Waals surface area contributed by atoms with E-state index in [1.54, 1.807) is 6.07 Å². The second-order valence-electron chi connectivity index (χ2n) is 5.40. The van der Waals surface area contributed by atoms with Gasteiger partial charge in [0.05, 0.1) is 0 Å². The molecule has 3 nitrogen and oxygen atoms in total. The van der Waals surface area contributed by atoms with E-state index in [0.717, 1.165) is 0 Å². The predicted octanol–water partition coefficient (Wildman–Crippen LogP) is 2.88. The molecule has 4 heteroatoms. The van der Waals surface area contributed by atoms with Gasteiger partial charge < -0.3 is 10.2 Å². The molecule has 1 aromatic heterocycles. The third kappa shape index (κ3) is 2.64. The highest BCUT2D eigenvalue weighted by Gasteiger charge is 2.22. The van der Waals surface area contributed by atoms with E-state index in [0.29, 0.717) is 23.4 Å². The Hall–Kier alpha value is -1.42. The Labute approximate surface area is 99.8 Å². The van der Waals surface area contributed by atoms with Crippen molar-refractivity contribution in [3.05, 3.63) is 29.9 Å². The molecule has 0 amide bonds. The zero-order valence-electron chi connectivity index (χ0n) is 10.3. The summed E-state index contributed by atoms with van der Waals surface area (Å²) in [4.78, 5) is 4.24. The number of fused-ring (bicyclic) bond motifs is 1. The average molecular weight is 236 g/mol. The quantitative estimate of drug-likeness (QED) is 0.872. The summed E-state index contributed by atoms with van der Waals surface area (Å²) in [5.41, 5.74) is 7.19. The lowest BCUT2D eigenvalue weighted by molar-refractivity contribution is 0.303. The van der Waals surface area contributed by atoms with Crippen molar-refractivity contribution in [3.8, 4) is 0 Å². The second kappa shape index (κ2) is 4.11. The van der Waals surface area contributed by atoms with Crippen molar-refractivity contribution in [1.29, 1.82) is 0 Å². The van der Waals surface area contributed by atoms with Crippen LogP contribution >= 0.6 is 0 Å². The summed E-state index contributed by atoms with van der Waals surface area (Å²) in [6.07, 6.45) is 0.555. The SMILES string of the molecule is CC(C)(C)C(N)Cc1nc2cc(F)ccc2o1. The monoisotopic (exact) mass is 236 g/mol. The zero-order valence-corrected chi connectivity index (χ0v) is 10.3. The molecular weight excluding hydrogens is 219 g/mol. The average Bonchev–Trinajstić information content (AvgIpc) is 2.57. The molecule has 1 unspecified atom stereocenters. The molecule has 0 bridgehead atoms. The second-order valence-corrected chi connectivity index (χ2v) is 5.40. The molecule has 92 valence electrons. The van der Waals surface area contributed by atoms with Crippen molar-refractivity contribution in [3.63, 3.8) is 0 Å². The molecule has 1 atom stereocenters. The number of nitrogens with zero attached hydrogens (tertiary/aromatic N) is 1. The van der Waals surface area contributed by atoms with Crippen molar-refractivity contribution in [1.82, 2.24) is 4.98 Å². The van der Waals surface area contributed by atoms with Gasteiger partial charge >= 0.3 is 0 Å². The number of hydrogen-bond donors (Lipinski definition) is 1. The van der Waals surface area contributed by atoms with E-state index >= 15 is 0 Å². The van der Waals surface area contributed by atoms with E-state index < -0.39 is 0 Å². The summed E-state index contributed by atoms with van der Waals surface area (Å²) in [5.74, 6) is 0.255. The first-order valence-corrected chi connectivity index (χ1v) is 5.67. The van der Waals surface area contributed by atoms with Gasteiger partial charge in [0.2, 0.25) is 0 Å². The molecule has 0 saturated carbocycles. The Morgan fingerprint density at radius 2 is 2.12 bits per heavy atom. The molecule has 2 aromatic rings. The summed E-state index contributed by atoms with van der Waals surface area (Å²) < 4.78 is 18.5. The number of oxazole rings is 1. The van der Waals surface area contributed by atoms with Crippen LogP contribution in [0.3, 0.4) is 0 Å². The van der Waals surface area contributed by atoms with Gasteiger partial charge in [-0.2, -0.15) is 0 Å². The molecule has 0 aliphatic carbocycles. The Bertz CT molecular complexity index is 528. The zero-order chi connectivity index (χ0) is 12.6. The maximum atomic E-state index is 13.0. The van der Waals surface area contributed by atoms with Gasteiger partial charge in [0.25, 0.3) is 0 Å². The maximum Gasteiger partial charge on any atom is 0.197 e. The Kier molecular flexibility index (Phi) is 2.91. The first kappa shape index (κ1) is 12.0. The van der Waals surface area contributed by atoms with E-state index in [2.05, 4.69) is 25.8 Å². The molecular formula is C13H17FN2O. The summed E-state index contributed by atoms with van der Waals surface area (Å²) in [6.45, 7) is 6.21. The maximum absolute atomic E-state index is 13.0. The van der Waals surface area contributed by atoms with Crippen LogP contribution in [0.4, 0.5) is 4.39 Å². The number of benzene rings is 1. The Morgan fingerprint density at radius 1 is 1.41 bits per heavy atom. The highest BCUT2D eigenvalue weighted by atomic mass is 19.1. The third-order valence-corrected chi connectivity index (χ3v) is 2.90. The number of nitrogens with two attached hydrogens (primary N) is 1. The van der Waals surface area contributed by atoms with Gasteiger partial charge in [-0.3, -0.25) is 0 Å². The van der Waals surface area contributed by atoms with Crippen LogP contribution in [0.15, 0.2) is 22.6 Å². The summed E-state index contributed by atoms with van der Waals surface area (Å²) >= 11 is 0. The molecule has 0 saturated heterocycles. The van der Waals surface area contributed by atoms with Crippen molar-refractivity contribution >= 4 is 11.1 Å². The highest BCUT2D eigenvalue weighted by molar-refractivity contribution is 5.72. The standard InChI is InChI=1S/C13H17FN2O/c1-13(2,3)11(15)7-12-16-9-6-8(14)4-5-10(9)17-12/h4-6,11H,7,15H2,1-3H3. The van der Waals surface area contributed by atoms with Crippen LogP contribution in [-0.4, -0.2) is 11.0 Å². The fraction of sp³-hybridized carbons (Fsp3) is 0.462. The lowest BCUT2D eigenvalue weighted by atomic mass is 9.85. The van der Waals surface area contributed by atoms with E-state index in [-0.39, 0.29) is 17.3 Å². The topological polar surface area (TPSA) is 52.0 Å². The molecule has 0 radical (unpaired) electrons. The van der Waals surface area contributed by atoms with Crippen molar-refractivity contribution in [2.75, 3.05) is 0 Å². The molecule has 0 spiro atoms. The van der Waals surface area contributed by atoms with Crippen LogP contribution in [0.1, 0.15) is 26.7 Å². The number of hydrogen-bond acceptors (Lipinski definition) is 3. The minimum atomic E-state index is -0.308. The van der Waals surface area contributed by atoms with E-state index in [1.807, 2.05) is 0 Å². The summed E-state index contributed by atoms with van der Waals surface area (Å²) in [7, 11) is 0. The van der Waals surface area contributed by atoms with Crippen molar-refractivity contribution < 1.29 is 8.81 Å². The van der Waals surface area contributed by atoms with E-state index in [1.165, 1.54) is 12.1 Å². The largest absolute Gasteiger partial charge is 0.441 e. The summed E-state index contributed by atoms with van der Waals surface area (Å²) in [6, 6.07) is 4.27. The lowest BCUT2D eigenvalue weighted by Gasteiger charge is -2.25. The fourth-order valence-electron chi connectivity index (χ4n) is 1.53. The van der Waals surface area contributed by atoms with Gasteiger partial charge in [-0.1, -0.05) is 20.8 Å². The minimum Gasteiger partial charge on any atom is -0.441 e.